The Morgan fingerprint density at radius 3 is 2.78 bits per heavy atom. The molecule has 0 aromatic heterocycles. The summed E-state index contributed by atoms with van der Waals surface area (Å²) < 4.78 is 0. The molecular weight excluding hydrogens is 224 g/mol. The highest BCUT2D eigenvalue weighted by Crippen LogP contribution is 2.49. The molecule has 18 heavy (non-hydrogen) atoms. The van der Waals surface area contributed by atoms with Crippen molar-refractivity contribution in [2.45, 2.75) is 64.0 Å². The van der Waals surface area contributed by atoms with Gasteiger partial charge in [0.2, 0.25) is 5.91 Å². The van der Waals surface area contributed by atoms with Gasteiger partial charge in [0.1, 0.15) is 0 Å². The average molecular weight is 250 g/mol. The van der Waals surface area contributed by atoms with E-state index in [1.165, 1.54) is 25.7 Å². The van der Waals surface area contributed by atoms with Gasteiger partial charge in [0.25, 0.3) is 0 Å². The van der Waals surface area contributed by atoms with Gasteiger partial charge in [-0.15, -0.1) is 0 Å². The van der Waals surface area contributed by atoms with Gasteiger partial charge in [-0.25, -0.2) is 0 Å². The fraction of sp³-hybridized carbons (Fsp3) is 0.933. The molecule has 0 spiro atoms. The highest BCUT2D eigenvalue weighted by molar-refractivity contribution is 5.76. The molecule has 2 saturated carbocycles. The molecule has 0 aromatic carbocycles. The molecule has 0 radical (unpaired) electrons. The Bertz CT molecular complexity index is 318. The minimum absolute atomic E-state index is 0.312. The molecule has 102 valence electrons. The first-order valence-corrected chi connectivity index (χ1v) is 7.73. The maximum absolute atomic E-state index is 12.1. The molecule has 2 bridgehead atoms. The van der Waals surface area contributed by atoms with E-state index in [2.05, 4.69) is 17.6 Å². The first-order chi connectivity index (χ1) is 8.70. The predicted molar refractivity (Wildman–Crippen MR) is 72.2 cm³/mol. The zero-order chi connectivity index (χ0) is 12.5. The molecule has 1 amide bonds. The quantitative estimate of drug-likeness (QED) is 0.805. The van der Waals surface area contributed by atoms with Gasteiger partial charge in [-0.2, -0.15) is 0 Å². The summed E-state index contributed by atoms with van der Waals surface area (Å²) in [7, 11) is 0. The van der Waals surface area contributed by atoms with E-state index in [1.54, 1.807) is 0 Å². The summed E-state index contributed by atoms with van der Waals surface area (Å²) >= 11 is 0. The van der Waals surface area contributed by atoms with E-state index in [4.69, 9.17) is 0 Å². The first kappa shape index (κ1) is 12.5. The molecule has 3 aliphatic rings. The van der Waals surface area contributed by atoms with Crippen LogP contribution in [0, 0.1) is 17.8 Å². The summed E-state index contributed by atoms with van der Waals surface area (Å²) in [5.74, 6) is 2.83. The lowest BCUT2D eigenvalue weighted by Crippen LogP contribution is -2.47. The number of hydrogen-bond acceptors (Lipinski definition) is 2. The molecule has 1 heterocycles. The summed E-state index contributed by atoms with van der Waals surface area (Å²) in [5.41, 5.74) is 0. The third kappa shape index (κ3) is 2.71. The van der Waals surface area contributed by atoms with Gasteiger partial charge in [-0.3, -0.25) is 4.79 Å². The van der Waals surface area contributed by atoms with E-state index in [1.807, 2.05) is 0 Å². The zero-order valence-corrected chi connectivity index (χ0v) is 11.5. The highest BCUT2D eigenvalue weighted by Gasteiger charge is 2.40. The van der Waals surface area contributed by atoms with Crippen molar-refractivity contribution in [1.29, 1.82) is 0 Å². The number of hydrogen-bond donors (Lipinski definition) is 2. The van der Waals surface area contributed by atoms with Gasteiger partial charge < -0.3 is 10.6 Å². The van der Waals surface area contributed by atoms with E-state index < -0.39 is 0 Å². The number of carbonyl (C=O) groups excluding carboxylic acids is 1. The molecule has 3 nitrogen and oxygen atoms in total. The molecule has 1 saturated heterocycles. The van der Waals surface area contributed by atoms with Crippen molar-refractivity contribution < 1.29 is 4.79 Å². The van der Waals surface area contributed by atoms with E-state index in [0.29, 0.717) is 23.9 Å². The molecule has 5 atom stereocenters. The van der Waals surface area contributed by atoms with Crippen LogP contribution in [0.3, 0.4) is 0 Å². The van der Waals surface area contributed by atoms with Gasteiger partial charge in [0, 0.05) is 18.5 Å². The highest BCUT2D eigenvalue weighted by atomic mass is 16.1. The van der Waals surface area contributed by atoms with Crippen LogP contribution in [0.2, 0.25) is 0 Å². The number of rotatable bonds is 3. The second-order valence-electron chi connectivity index (χ2n) is 6.78. The molecular formula is C15H26N2O. The van der Waals surface area contributed by atoms with Gasteiger partial charge >= 0.3 is 0 Å². The molecule has 2 aliphatic carbocycles. The Morgan fingerprint density at radius 2 is 2.11 bits per heavy atom. The largest absolute Gasteiger partial charge is 0.353 e. The van der Waals surface area contributed by atoms with Crippen molar-refractivity contribution in [2.24, 2.45) is 17.8 Å². The van der Waals surface area contributed by atoms with Crippen molar-refractivity contribution in [2.75, 3.05) is 6.54 Å². The van der Waals surface area contributed by atoms with Crippen molar-refractivity contribution in [3.05, 3.63) is 0 Å². The Labute approximate surface area is 110 Å². The standard InChI is InChI=1S/C15H26N2O/c1-10-6-14(4-5-16-10)17-15(18)9-13-8-11-2-3-12(13)7-11/h10-14,16H,2-9H2,1H3,(H,17,18). The second-order valence-corrected chi connectivity index (χ2v) is 6.78. The van der Waals surface area contributed by atoms with Gasteiger partial charge in [0.05, 0.1) is 0 Å². The van der Waals surface area contributed by atoms with Crippen molar-refractivity contribution in [3.8, 4) is 0 Å². The third-order valence-corrected chi connectivity index (χ3v) is 5.32. The van der Waals surface area contributed by atoms with Crippen LogP contribution in [0.4, 0.5) is 0 Å². The molecule has 5 unspecified atom stereocenters. The Morgan fingerprint density at radius 1 is 1.22 bits per heavy atom. The molecule has 3 rings (SSSR count). The van der Waals surface area contributed by atoms with Crippen LogP contribution in [-0.4, -0.2) is 24.5 Å². The van der Waals surface area contributed by atoms with Crippen molar-refractivity contribution in [1.82, 2.24) is 10.6 Å². The maximum Gasteiger partial charge on any atom is 0.220 e. The van der Waals surface area contributed by atoms with Crippen LogP contribution in [-0.2, 0) is 4.79 Å². The molecule has 0 aromatic rings. The Balaban J connectivity index is 1.44. The third-order valence-electron chi connectivity index (χ3n) is 5.32. The fourth-order valence-corrected chi connectivity index (χ4v) is 4.41. The lowest BCUT2D eigenvalue weighted by molar-refractivity contribution is -0.123. The fourth-order valence-electron chi connectivity index (χ4n) is 4.41. The molecule has 3 fully saturated rings. The SMILES string of the molecule is CC1CC(NC(=O)CC2CC3CCC2C3)CCN1. The first-order valence-electron chi connectivity index (χ1n) is 7.73. The number of piperidine rings is 1. The van der Waals surface area contributed by atoms with Crippen LogP contribution in [0.5, 0.6) is 0 Å². The van der Waals surface area contributed by atoms with Crippen LogP contribution in [0.25, 0.3) is 0 Å². The number of carbonyl (C=O) groups is 1. The maximum atomic E-state index is 12.1. The predicted octanol–water partition coefficient (Wildman–Crippen LogP) is 2.07. The normalized spacial score (nSPS) is 43.1. The lowest BCUT2D eigenvalue weighted by Gasteiger charge is -2.29. The monoisotopic (exact) mass is 250 g/mol. The van der Waals surface area contributed by atoms with E-state index >= 15 is 0 Å². The summed E-state index contributed by atoms with van der Waals surface area (Å²) in [6.45, 7) is 3.24. The molecule has 2 N–H and O–H groups in total. The Hall–Kier alpha value is -0.570. The minimum atomic E-state index is 0.312. The van der Waals surface area contributed by atoms with Crippen LogP contribution in [0.15, 0.2) is 0 Å². The molecule has 3 heteroatoms. The van der Waals surface area contributed by atoms with E-state index in [9.17, 15) is 4.79 Å². The average Bonchev–Trinajstić information content (AvgIpc) is 2.90. The molecule has 1 aliphatic heterocycles. The lowest BCUT2D eigenvalue weighted by atomic mass is 9.86. The van der Waals surface area contributed by atoms with Crippen LogP contribution < -0.4 is 10.6 Å². The summed E-state index contributed by atoms with van der Waals surface area (Å²) in [6, 6.07) is 0.957. The van der Waals surface area contributed by atoms with Crippen LogP contribution in [0.1, 0.15) is 51.9 Å². The minimum Gasteiger partial charge on any atom is -0.353 e. The summed E-state index contributed by atoms with van der Waals surface area (Å²) in [5, 5.41) is 6.69. The summed E-state index contributed by atoms with van der Waals surface area (Å²) in [6.07, 6.45) is 8.50. The van der Waals surface area contributed by atoms with E-state index in [-0.39, 0.29) is 0 Å². The number of nitrogens with one attached hydrogen (secondary N) is 2. The van der Waals surface area contributed by atoms with Crippen molar-refractivity contribution >= 4 is 5.91 Å². The number of amides is 1. The zero-order valence-electron chi connectivity index (χ0n) is 11.5. The van der Waals surface area contributed by atoms with Gasteiger partial charge in [-0.1, -0.05) is 6.42 Å². The number of fused-ring (bicyclic) bond motifs is 2. The topological polar surface area (TPSA) is 41.1 Å². The second kappa shape index (κ2) is 5.20. The Kier molecular flexibility index (Phi) is 3.60. The van der Waals surface area contributed by atoms with Crippen LogP contribution >= 0.6 is 0 Å². The van der Waals surface area contributed by atoms with Crippen molar-refractivity contribution in [3.63, 3.8) is 0 Å². The van der Waals surface area contributed by atoms with E-state index in [0.717, 1.165) is 37.6 Å². The van der Waals surface area contributed by atoms with Gasteiger partial charge in [0.15, 0.2) is 0 Å². The summed E-state index contributed by atoms with van der Waals surface area (Å²) in [4.78, 5) is 12.1. The smallest absolute Gasteiger partial charge is 0.220 e. The van der Waals surface area contributed by atoms with Gasteiger partial charge in [-0.05, 0) is 63.3 Å².